The summed E-state index contributed by atoms with van der Waals surface area (Å²) in [6.45, 7) is 1.04. The van der Waals surface area contributed by atoms with Gasteiger partial charge in [-0.05, 0) is 36.6 Å². The topological polar surface area (TPSA) is 93.2 Å². The third kappa shape index (κ3) is 4.58. The first-order chi connectivity index (χ1) is 16.3. The van der Waals surface area contributed by atoms with Gasteiger partial charge in [0, 0.05) is 59.1 Å². The van der Waals surface area contributed by atoms with Gasteiger partial charge in [-0.1, -0.05) is 36.5 Å². The van der Waals surface area contributed by atoms with Crippen LogP contribution in [0.3, 0.4) is 0 Å². The summed E-state index contributed by atoms with van der Waals surface area (Å²) in [5.41, 5.74) is 10.9. The highest BCUT2D eigenvalue weighted by molar-refractivity contribution is 7.88. The fraction of sp³-hybridized carbons (Fsp3) is 0.250. The average molecular weight is 512 g/mol. The maximum absolute atomic E-state index is 12.0. The Hall–Kier alpha value is -2.79. The molecule has 0 radical (unpaired) electrons. The summed E-state index contributed by atoms with van der Waals surface area (Å²) in [4.78, 5) is 4.70. The number of nitrogens with one attached hydrogen (secondary N) is 1. The molecule has 0 saturated carbocycles. The molecular formula is C24H25N5O2S3. The van der Waals surface area contributed by atoms with Gasteiger partial charge in [0.25, 0.3) is 0 Å². The van der Waals surface area contributed by atoms with Crippen molar-refractivity contribution in [3.8, 4) is 11.1 Å². The lowest BCUT2D eigenvalue weighted by Gasteiger charge is -2.31. The number of hydrogen-bond donors (Lipinski definition) is 2. The lowest BCUT2D eigenvalue weighted by atomic mass is 10.0. The first-order valence-electron chi connectivity index (χ1n) is 11.0. The van der Waals surface area contributed by atoms with E-state index in [1.54, 1.807) is 21.8 Å². The third-order valence-electron chi connectivity index (χ3n) is 6.26. The van der Waals surface area contributed by atoms with Crippen LogP contribution in [0, 0.1) is 0 Å². The minimum Gasteiger partial charge on any atom is -0.389 e. The van der Waals surface area contributed by atoms with Crippen molar-refractivity contribution >= 4 is 60.3 Å². The van der Waals surface area contributed by atoms with Crippen molar-refractivity contribution in [2.45, 2.75) is 18.9 Å². The molecule has 0 amide bonds. The van der Waals surface area contributed by atoms with Crippen LogP contribution in [0.2, 0.25) is 0 Å². The molecule has 1 aliphatic rings. The Bertz CT molecular complexity index is 1450. The number of aromatic nitrogens is 2. The highest BCUT2D eigenvalue weighted by Crippen LogP contribution is 2.37. The van der Waals surface area contributed by atoms with Gasteiger partial charge in [-0.3, -0.25) is 0 Å². The molecule has 10 heteroatoms. The predicted molar refractivity (Wildman–Crippen MR) is 143 cm³/mol. The Kier molecular flexibility index (Phi) is 6.15. The zero-order chi connectivity index (χ0) is 23.9. The van der Waals surface area contributed by atoms with Gasteiger partial charge in [-0.2, -0.15) is 0 Å². The first kappa shape index (κ1) is 23.0. The van der Waals surface area contributed by atoms with E-state index in [1.165, 1.54) is 6.26 Å². The highest BCUT2D eigenvalue weighted by atomic mass is 32.2. The summed E-state index contributed by atoms with van der Waals surface area (Å²) >= 11 is 6.74. The number of sulfonamides is 1. The van der Waals surface area contributed by atoms with Crippen LogP contribution in [-0.2, 0) is 10.0 Å². The molecule has 176 valence electrons. The number of rotatable bonds is 6. The number of anilines is 2. The van der Waals surface area contributed by atoms with Gasteiger partial charge in [0.15, 0.2) is 5.13 Å². The van der Waals surface area contributed by atoms with Gasteiger partial charge in [0.05, 0.1) is 11.8 Å². The predicted octanol–water partition coefficient (Wildman–Crippen LogP) is 4.74. The van der Waals surface area contributed by atoms with Gasteiger partial charge in [0.2, 0.25) is 10.0 Å². The van der Waals surface area contributed by atoms with Crippen LogP contribution >= 0.6 is 23.6 Å². The van der Waals surface area contributed by atoms with Crippen molar-refractivity contribution in [1.82, 2.24) is 13.9 Å². The van der Waals surface area contributed by atoms with E-state index in [1.807, 2.05) is 23.6 Å². The van der Waals surface area contributed by atoms with E-state index in [0.717, 1.165) is 51.3 Å². The molecule has 1 fully saturated rings. The molecular weight excluding hydrogens is 486 g/mol. The maximum Gasteiger partial charge on any atom is 0.211 e. The Morgan fingerprint density at radius 2 is 2.00 bits per heavy atom. The number of nitrogens with zero attached hydrogens (tertiary/aromatic N) is 3. The summed E-state index contributed by atoms with van der Waals surface area (Å²) in [5, 5.41) is 7.27. The molecule has 34 heavy (non-hydrogen) atoms. The van der Waals surface area contributed by atoms with E-state index in [0.29, 0.717) is 18.1 Å². The zero-order valence-electron chi connectivity index (χ0n) is 18.6. The van der Waals surface area contributed by atoms with Gasteiger partial charge < -0.3 is 15.6 Å². The number of nitrogens with two attached hydrogens (primary N) is 1. The Balaban J connectivity index is 1.58. The second kappa shape index (κ2) is 9.10. The van der Waals surface area contributed by atoms with E-state index in [-0.39, 0.29) is 6.04 Å². The molecule has 4 aromatic rings. The fourth-order valence-corrected chi connectivity index (χ4v) is 6.11. The van der Waals surface area contributed by atoms with Crippen molar-refractivity contribution in [3.05, 3.63) is 65.8 Å². The molecule has 0 spiro atoms. The molecule has 2 aromatic heterocycles. The van der Waals surface area contributed by atoms with E-state index >= 15 is 0 Å². The Morgan fingerprint density at radius 3 is 2.68 bits per heavy atom. The molecule has 2 aromatic carbocycles. The van der Waals surface area contributed by atoms with E-state index in [4.69, 9.17) is 18.0 Å². The molecule has 3 heterocycles. The summed E-state index contributed by atoms with van der Waals surface area (Å²) in [7, 11) is -3.18. The van der Waals surface area contributed by atoms with Crippen LogP contribution in [0.5, 0.6) is 0 Å². The van der Waals surface area contributed by atoms with Crippen molar-refractivity contribution in [3.63, 3.8) is 0 Å². The van der Waals surface area contributed by atoms with E-state index in [2.05, 4.69) is 45.3 Å². The fourth-order valence-electron chi connectivity index (χ4n) is 4.56. The largest absolute Gasteiger partial charge is 0.389 e. The zero-order valence-corrected chi connectivity index (χ0v) is 21.1. The van der Waals surface area contributed by atoms with E-state index in [9.17, 15) is 8.42 Å². The Morgan fingerprint density at radius 1 is 1.21 bits per heavy atom. The second-order valence-electron chi connectivity index (χ2n) is 8.48. The molecule has 0 bridgehead atoms. The molecule has 5 rings (SSSR count). The number of thiazole rings is 1. The Labute approximate surface area is 208 Å². The quantitative estimate of drug-likeness (QED) is 0.363. The molecule has 0 unspecified atom stereocenters. The van der Waals surface area contributed by atoms with E-state index < -0.39 is 10.0 Å². The summed E-state index contributed by atoms with van der Waals surface area (Å²) < 4.78 is 27.9. The molecule has 1 aliphatic heterocycles. The second-order valence-corrected chi connectivity index (χ2v) is 11.8. The third-order valence-corrected chi connectivity index (χ3v) is 8.49. The normalized spacial score (nSPS) is 15.6. The lowest BCUT2D eigenvalue weighted by Crippen LogP contribution is -2.38. The highest BCUT2D eigenvalue weighted by Gasteiger charge is 2.27. The summed E-state index contributed by atoms with van der Waals surface area (Å²) in [5.74, 6) is 0. The molecule has 0 atom stereocenters. The first-order valence-corrected chi connectivity index (χ1v) is 14.1. The van der Waals surface area contributed by atoms with Crippen LogP contribution in [0.1, 0.15) is 24.4 Å². The lowest BCUT2D eigenvalue weighted by molar-refractivity contribution is 0.279. The SMILES string of the molecule is CS(=O)(=O)N1CCC(n2cc(-c3cccc(C(N)=S)c3)c3ccc(Nc4nccs4)cc32)CC1. The minimum atomic E-state index is -3.18. The van der Waals surface area contributed by atoms with Crippen LogP contribution in [0.25, 0.3) is 22.0 Å². The van der Waals surface area contributed by atoms with Crippen LogP contribution in [0.15, 0.2) is 60.2 Å². The average Bonchev–Trinajstić information content (AvgIpc) is 3.46. The van der Waals surface area contributed by atoms with Crippen molar-refractivity contribution in [2.75, 3.05) is 24.7 Å². The smallest absolute Gasteiger partial charge is 0.211 e. The van der Waals surface area contributed by atoms with Crippen LogP contribution in [0.4, 0.5) is 10.8 Å². The minimum absolute atomic E-state index is 0.197. The summed E-state index contributed by atoms with van der Waals surface area (Å²) in [6, 6.07) is 14.5. The molecule has 7 nitrogen and oxygen atoms in total. The molecule has 3 N–H and O–H groups in total. The van der Waals surface area contributed by atoms with Crippen molar-refractivity contribution < 1.29 is 8.42 Å². The van der Waals surface area contributed by atoms with Crippen molar-refractivity contribution in [1.29, 1.82) is 0 Å². The van der Waals surface area contributed by atoms with Gasteiger partial charge in [-0.25, -0.2) is 17.7 Å². The van der Waals surface area contributed by atoms with Gasteiger partial charge in [-0.15, -0.1) is 11.3 Å². The van der Waals surface area contributed by atoms with Crippen LogP contribution < -0.4 is 11.1 Å². The number of fused-ring (bicyclic) bond motifs is 1. The monoisotopic (exact) mass is 511 g/mol. The number of benzene rings is 2. The number of hydrogen-bond acceptors (Lipinski definition) is 6. The molecule has 0 aliphatic carbocycles. The number of thiocarbonyl (C=S) groups is 1. The number of piperidine rings is 1. The van der Waals surface area contributed by atoms with Gasteiger partial charge >= 0.3 is 0 Å². The van der Waals surface area contributed by atoms with Crippen LogP contribution in [-0.4, -0.2) is 46.6 Å². The maximum atomic E-state index is 12.0. The standard InChI is InChI=1S/C24H25N5O2S3/c1-34(30,31)28-10-7-19(8-11-28)29-15-21(16-3-2-4-17(13-16)23(25)32)20-6-5-18(14-22(20)29)27-24-26-9-12-33-24/h2-6,9,12-15,19H,7-8,10-11H2,1H3,(H2,25,32)(H,26,27). The van der Waals surface area contributed by atoms with Gasteiger partial charge in [0.1, 0.15) is 4.99 Å². The molecule has 1 saturated heterocycles. The summed E-state index contributed by atoms with van der Waals surface area (Å²) in [6.07, 6.45) is 6.75. The van der Waals surface area contributed by atoms with Crippen molar-refractivity contribution in [2.24, 2.45) is 5.73 Å².